The monoisotopic (exact) mass is 240 g/mol. The van der Waals surface area contributed by atoms with Gasteiger partial charge >= 0.3 is 0 Å². The molecule has 3 rings (SSSR count). The molecule has 0 saturated heterocycles. The number of fused-ring (bicyclic) bond motifs is 1. The Hall–Kier alpha value is -1.87. The summed E-state index contributed by atoms with van der Waals surface area (Å²) in [7, 11) is 1.72. The molecule has 0 amide bonds. The fourth-order valence-corrected chi connectivity index (χ4v) is 2.55. The molecule has 0 saturated carbocycles. The number of methoxy groups -OCH3 is 1. The van der Waals surface area contributed by atoms with Gasteiger partial charge in [-0.3, -0.25) is 4.98 Å². The molecule has 0 spiro atoms. The van der Waals surface area contributed by atoms with Gasteiger partial charge in [-0.2, -0.15) is 0 Å². The maximum Gasteiger partial charge on any atom is 0.127 e. The molecule has 0 radical (unpaired) electrons. The number of nitrogens with zero attached hydrogens (tertiary/aromatic N) is 1. The highest BCUT2D eigenvalue weighted by atomic mass is 16.5. The third-order valence-electron chi connectivity index (χ3n) is 3.43. The minimum atomic E-state index is 0.907. The van der Waals surface area contributed by atoms with Crippen molar-refractivity contribution >= 4 is 0 Å². The normalized spacial score (nSPS) is 14.1. The number of hydrogen-bond donors (Lipinski definition) is 1. The Bertz CT molecular complexity index is 552. The van der Waals surface area contributed by atoms with Crippen LogP contribution in [0.1, 0.15) is 11.1 Å². The van der Waals surface area contributed by atoms with Gasteiger partial charge in [-0.1, -0.05) is 6.07 Å². The van der Waals surface area contributed by atoms with E-state index in [1.807, 2.05) is 24.5 Å². The molecule has 0 atom stereocenters. The molecule has 2 heterocycles. The number of nitrogens with one attached hydrogen (secondary N) is 1. The van der Waals surface area contributed by atoms with E-state index in [-0.39, 0.29) is 0 Å². The van der Waals surface area contributed by atoms with Gasteiger partial charge in [0.1, 0.15) is 5.75 Å². The van der Waals surface area contributed by atoms with Crippen LogP contribution in [0.15, 0.2) is 36.7 Å². The van der Waals surface area contributed by atoms with Crippen molar-refractivity contribution in [1.82, 2.24) is 10.3 Å². The molecule has 0 bridgehead atoms. The molecular formula is C15H16N2O. The van der Waals surface area contributed by atoms with Gasteiger partial charge in [0, 0.05) is 24.5 Å². The van der Waals surface area contributed by atoms with Crippen LogP contribution in [-0.2, 0) is 13.0 Å². The third kappa shape index (κ3) is 1.87. The van der Waals surface area contributed by atoms with Gasteiger partial charge in [-0.15, -0.1) is 0 Å². The summed E-state index contributed by atoms with van der Waals surface area (Å²) in [4.78, 5) is 4.08. The predicted octanol–water partition coefficient (Wildman–Crippen LogP) is 2.40. The summed E-state index contributed by atoms with van der Waals surface area (Å²) >= 11 is 0. The zero-order valence-electron chi connectivity index (χ0n) is 10.4. The topological polar surface area (TPSA) is 34.1 Å². The van der Waals surface area contributed by atoms with Gasteiger partial charge in [0.15, 0.2) is 0 Å². The summed E-state index contributed by atoms with van der Waals surface area (Å²) < 4.78 is 5.52. The van der Waals surface area contributed by atoms with Crippen molar-refractivity contribution in [3.05, 3.63) is 47.8 Å². The van der Waals surface area contributed by atoms with E-state index in [2.05, 4.69) is 22.4 Å². The van der Waals surface area contributed by atoms with Gasteiger partial charge in [0.25, 0.3) is 0 Å². The maximum atomic E-state index is 5.52. The van der Waals surface area contributed by atoms with Crippen molar-refractivity contribution in [3.63, 3.8) is 0 Å². The Morgan fingerprint density at radius 3 is 2.78 bits per heavy atom. The number of pyridine rings is 1. The van der Waals surface area contributed by atoms with Crippen LogP contribution in [0, 0.1) is 0 Å². The number of ether oxygens (including phenoxy) is 1. The molecule has 1 aromatic heterocycles. The minimum Gasteiger partial charge on any atom is -0.496 e. The smallest absolute Gasteiger partial charge is 0.127 e. The van der Waals surface area contributed by atoms with Crippen molar-refractivity contribution in [3.8, 4) is 16.9 Å². The van der Waals surface area contributed by atoms with Gasteiger partial charge < -0.3 is 10.1 Å². The summed E-state index contributed by atoms with van der Waals surface area (Å²) in [6.45, 7) is 1.96. The standard InChI is InChI=1S/C15H16N2O/c1-18-14-3-2-11-4-9-17-10-13(11)15(14)12-5-7-16-8-6-12/h2-3,5-8,17H,4,9-10H2,1H3. The highest BCUT2D eigenvalue weighted by molar-refractivity contribution is 5.75. The highest BCUT2D eigenvalue weighted by Gasteiger charge is 2.17. The average molecular weight is 240 g/mol. The van der Waals surface area contributed by atoms with Crippen molar-refractivity contribution in [1.29, 1.82) is 0 Å². The second-order valence-corrected chi connectivity index (χ2v) is 4.44. The zero-order valence-corrected chi connectivity index (χ0v) is 10.4. The fraction of sp³-hybridized carbons (Fsp3) is 0.267. The summed E-state index contributed by atoms with van der Waals surface area (Å²) in [5.74, 6) is 0.934. The molecule has 3 nitrogen and oxygen atoms in total. The Morgan fingerprint density at radius 2 is 2.00 bits per heavy atom. The molecule has 2 aromatic rings. The molecule has 0 unspecified atom stereocenters. The summed E-state index contributed by atoms with van der Waals surface area (Å²) in [6.07, 6.45) is 4.73. The van der Waals surface area contributed by atoms with E-state index in [0.717, 1.165) is 25.3 Å². The molecule has 1 aromatic carbocycles. The van der Waals surface area contributed by atoms with Crippen molar-refractivity contribution in [2.24, 2.45) is 0 Å². The lowest BCUT2D eigenvalue weighted by Crippen LogP contribution is -2.24. The zero-order chi connectivity index (χ0) is 12.4. The minimum absolute atomic E-state index is 0.907. The van der Waals surface area contributed by atoms with Crippen LogP contribution in [0.2, 0.25) is 0 Å². The first-order valence-electron chi connectivity index (χ1n) is 6.20. The van der Waals surface area contributed by atoms with Crippen LogP contribution in [0.25, 0.3) is 11.1 Å². The van der Waals surface area contributed by atoms with E-state index in [9.17, 15) is 0 Å². The second kappa shape index (κ2) is 4.78. The van der Waals surface area contributed by atoms with Crippen molar-refractivity contribution in [2.45, 2.75) is 13.0 Å². The van der Waals surface area contributed by atoms with Crippen LogP contribution >= 0.6 is 0 Å². The van der Waals surface area contributed by atoms with Gasteiger partial charge in [0.2, 0.25) is 0 Å². The van der Waals surface area contributed by atoms with E-state index in [4.69, 9.17) is 4.74 Å². The molecule has 92 valence electrons. The van der Waals surface area contributed by atoms with Crippen molar-refractivity contribution in [2.75, 3.05) is 13.7 Å². The van der Waals surface area contributed by atoms with Crippen LogP contribution < -0.4 is 10.1 Å². The Morgan fingerprint density at radius 1 is 1.17 bits per heavy atom. The van der Waals surface area contributed by atoms with Crippen LogP contribution in [-0.4, -0.2) is 18.6 Å². The average Bonchev–Trinajstić information content (AvgIpc) is 2.47. The van der Waals surface area contributed by atoms with Crippen LogP contribution in [0.5, 0.6) is 5.75 Å². The van der Waals surface area contributed by atoms with E-state index < -0.39 is 0 Å². The predicted molar refractivity (Wildman–Crippen MR) is 71.6 cm³/mol. The first-order chi connectivity index (χ1) is 8.90. The molecular weight excluding hydrogens is 224 g/mol. The van der Waals surface area contributed by atoms with Crippen LogP contribution in [0.3, 0.4) is 0 Å². The van der Waals surface area contributed by atoms with Crippen molar-refractivity contribution < 1.29 is 4.74 Å². The number of benzene rings is 1. The lowest BCUT2D eigenvalue weighted by Gasteiger charge is -2.22. The first kappa shape index (κ1) is 11.2. The van der Waals surface area contributed by atoms with E-state index in [1.54, 1.807) is 7.11 Å². The second-order valence-electron chi connectivity index (χ2n) is 4.44. The highest BCUT2D eigenvalue weighted by Crippen LogP contribution is 2.36. The Balaban J connectivity index is 2.22. The molecule has 0 aliphatic carbocycles. The van der Waals surface area contributed by atoms with Gasteiger partial charge in [0.05, 0.1) is 7.11 Å². The lowest BCUT2D eigenvalue weighted by molar-refractivity contribution is 0.415. The first-order valence-corrected chi connectivity index (χ1v) is 6.20. The summed E-state index contributed by atoms with van der Waals surface area (Å²) in [6, 6.07) is 8.32. The Labute approximate surface area is 107 Å². The Kier molecular flexibility index (Phi) is 2.99. The van der Waals surface area contributed by atoms with Gasteiger partial charge in [-0.25, -0.2) is 0 Å². The lowest BCUT2D eigenvalue weighted by atomic mass is 9.91. The number of aromatic nitrogens is 1. The number of rotatable bonds is 2. The summed E-state index contributed by atoms with van der Waals surface area (Å²) in [5.41, 5.74) is 5.14. The molecule has 1 aliphatic heterocycles. The molecule has 1 N–H and O–H groups in total. The largest absolute Gasteiger partial charge is 0.496 e. The molecule has 3 heteroatoms. The van der Waals surface area contributed by atoms with Gasteiger partial charge in [-0.05, 0) is 47.9 Å². The summed E-state index contributed by atoms with van der Waals surface area (Å²) in [5, 5.41) is 3.43. The van der Waals surface area contributed by atoms with Crippen LogP contribution in [0.4, 0.5) is 0 Å². The molecule has 0 fully saturated rings. The SMILES string of the molecule is COc1ccc2c(c1-c1ccncc1)CNCC2. The fourth-order valence-electron chi connectivity index (χ4n) is 2.55. The quantitative estimate of drug-likeness (QED) is 0.875. The van der Waals surface area contributed by atoms with E-state index in [0.29, 0.717) is 0 Å². The van der Waals surface area contributed by atoms with E-state index >= 15 is 0 Å². The maximum absolute atomic E-state index is 5.52. The molecule has 1 aliphatic rings. The molecule has 18 heavy (non-hydrogen) atoms. The third-order valence-corrected chi connectivity index (χ3v) is 3.43. The van der Waals surface area contributed by atoms with E-state index in [1.165, 1.54) is 22.3 Å². The number of hydrogen-bond acceptors (Lipinski definition) is 3.